The van der Waals surface area contributed by atoms with Gasteiger partial charge in [-0.3, -0.25) is 4.79 Å². The molecular formula is C35H37NO5S. The number of thioether (sulfide) groups is 1. The zero-order valence-electron chi connectivity index (χ0n) is 23.7. The quantitative estimate of drug-likeness (QED) is 0.180. The molecule has 4 aromatic rings. The van der Waals surface area contributed by atoms with Crippen molar-refractivity contribution in [3.05, 3.63) is 131 Å². The maximum Gasteiger partial charge on any atom is 0.251 e. The highest BCUT2D eigenvalue weighted by atomic mass is 32.2. The van der Waals surface area contributed by atoms with Crippen LogP contribution in [-0.4, -0.2) is 40.3 Å². The Morgan fingerprint density at radius 3 is 2.29 bits per heavy atom. The molecule has 1 aliphatic rings. The highest BCUT2D eigenvalue weighted by molar-refractivity contribution is 7.99. The van der Waals surface area contributed by atoms with E-state index >= 15 is 0 Å². The Balaban J connectivity index is 1.35. The number of rotatable bonds is 11. The first-order valence-corrected chi connectivity index (χ1v) is 15.4. The van der Waals surface area contributed by atoms with Gasteiger partial charge in [-0.2, -0.15) is 11.8 Å². The van der Waals surface area contributed by atoms with E-state index in [2.05, 4.69) is 36.5 Å². The summed E-state index contributed by atoms with van der Waals surface area (Å²) in [7, 11) is 0. The second-order valence-corrected chi connectivity index (χ2v) is 11.6. The van der Waals surface area contributed by atoms with E-state index < -0.39 is 6.29 Å². The van der Waals surface area contributed by atoms with Crippen molar-refractivity contribution < 1.29 is 24.5 Å². The lowest BCUT2D eigenvalue weighted by Gasteiger charge is -2.41. The molecule has 4 atom stereocenters. The van der Waals surface area contributed by atoms with Crippen LogP contribution in [0.15, 0.2) is 103 Å². The van der Waals surface area contributed by atoms with Crippen LogP contribution in [0.25, 0.3) is 11.1 Å². The van der Waals surface area contributed by atoms with Gasteiger partial charge in [0.15, 0.2) is 6.29 Å². The van der Waals surface area contributed by atoms with Crippen LogP contribution in [0.2, 0.25) is 0 Å². The van der Waals surface area contributed by atoms with E-state index in [-0.39, 0.29) is 37.2 Å². The van der Waals surface area contributed by atoms with Gasteiger partial charge >= 0.3 is 0 Å². The topological polar surface area (TPSA) is 88.0 Å². The summed E-state index contributed by atoms with van der Waals surface area (Å²) in [6.45, 7) is 2.71. The predicted octanol–water partition coefficient (Wildman–Crippen LogP) is 6.29. The van der Waals surface area contributed by atoms with Crippen LogP contribution in [0.4, 0.5) is 0 Å². The van der Waals surface area contributed by atoms with E-state index in [1.54, 1.807) is 23.9 Å². The molecule has 7 heteroatoms. The molecule has 0 aliphatic carbocycles. The van der Waals surface area contributed by atoms with Crippen LogP contribution < -0.4 is 5.32 Å². The van der Waals surface area contributed by atoms with Crippen molar-refractivity contribution in [2.75, 3.05) is 18.1 Å². The molecule has 6 nitrogen and oxygen atoms in total. The molecular weight excluding hydrogens is 546 g/mol. The summed E-state index contributed by atoms with van der Waals surface area (Å²) in [5.74, 6) is 1.41. The highest BCUT2D eigenvalue weighted by Crippen LogP contribution is 2.43. The molecule has 1 amide bonds. The average Bonchev–Trinajstić information content (AvgIpc) is 3.05. The highest BCUT2D eigenvalue weighted by Gasteiger charge is 2.38. The Bertz CT molecular complexity index is 1450. The van der Waals surface area contributed by atoms with Gasteiger partial charge in [-0.15, -0.1) is 0 Å². The molecule has 0 radical (unpaired) electrons. The van der Waals surface area contributed by atoms with E-state index in [0.29, 0.717) is 17.9 Å². The summed E-state index contributed by atoms with van der Waals surface area (Å²) in [6, 6.07) is 33.5. The average molecular weight is 584 g/mol. The molecule has 0 bridgehead atoms. The van der Waals surface area contributed by atoms with Gasteiger partial charge in [0.05, 0.1) is 25.4 Å². The van der Waals surface area contributed by atoms with E-state index in [4.69, 9.17) is 9.47 Å². The van der Waals surface area contributed by atoms with Gasteiger partial charge in [-0.05, 0) is 52.1 Å². The van der Waals surface area contributed by atoms with E-state index in [9.17, 15) is 15.0 Å². The molecule has 5 rings (SSSR count). The minimum atomic E-state index is -0.559. The number of carbonyl (C=O) groups is 1. The second-order valence-electron chi connectivity index (χ2n) is 10.5. The fourth-order valence-corrected chi connectivity index (χ4v) is 6.08. The van der Waals surface area contributed by atoms with Gasteiger partial charge in [0.2, 0.25) is 0 Å². The normalized spacial score (nSPS) is 20.3. The summed E-state index contributed by atoms with van der Waals surface area (Å²) in [5.41, 5.74) is 6.55. The Morgan fingerprint density at radius 1 is 0.810 bits per heavy atom. The molecule has 1 saturated heterocycles. The number of aliphatic hydroxyl groups excluding tert-OH is 2. The molecule has 0 unspecified atom stereocenters. The molecule has 1 aliphatic heterocycles. The van der Waals surface area contributed by atoms with Crippen molar-refractivity contribution in [2.45, 2.75) is 38.6 Å². The molecule has 1 heterocycles. The second kappa shape index (κ2) is 14.6. The first-order chi connectivity index (χ1) is 20.6. The van der Waals surface area contributed by atoms with E-state index in [0.717, 1.165) is 39.1 Å². The number of hydrogen-bond acceptors (Lipinski definition) is 6. The lowest BCUT2D eigenvalue weighted by atomic mass is 9.91. The molecule has 3 N–H and O–H groups in total. The van der Waals surface area contributed by atoms with Gasteiger partial charge < -0.3 is 25.0 Å². The summed E-state index contributed by atoms with van der Waals surface area (Å²) in [5, 5.41) is 21.8. The zero-order chi connectivity index (χ0) is 29.3. The molecule has 218 valence electrons. The van der Waals surface area contributed by atoms with Crippen LogP contribution in [0.1, 0.15) is 51.9 Å². The Kier molecular flexibility index (Phi) is 10.5. The van der Waals surface area contributed by atoms with Crippen molar-refractivity contribution in [1.29, 1.82) is 0 Å². The molecule has 1 fully saturated rings. The van der Waals surface area contributed by atoms with Crippen LogP contribution in [-0.2, 0) is 22.6 Å². The molecule has 42 heavy (non-hydrogen) atoms. The predicted molar refractivity (Wildman–Crippen MR) is 167 cm³/mol. The van der Waals surface area contributed by atoms with Crippen LogP contribution in [0.3, 0.4) is 0 Å². The fourth-order valence-electron chi connectivity index (χ4n) is 5.17. The van der Waals surface area contributed by atoms with Gasteiger partial charge in [0.25, 0.3) is 5.91 Å². The summed E-state index contributed by atoms with van der Waals surface area (Å²) >= 11 is 1.68. The third-order valence-electron chi connectivity index (χ3n) is 7.55. The van der Waals surface area contributed by atoms with Crippen molar-refractivity contribution in [2.24, 2.45) is 5.92 Å². The van der Waals surface area contributed by atoms with Crippen LogP contribution in [0, 0.1) is 5.92 Å². The number of benzene rings is 4. The van der Waals surface area contributed by atoms with Gasteiger partial charge in [0, 0.05) is 35.1 Å². The third kappa shape index (κ3) is 7.48. The molecule has 0 spiro atoms. The Labute approximate surface area is 251 Å². The minimum Gasteiger partial charge on any atom is -0.396 e. The Morgan fingerprint density at radius 2 is 1.55 bits per heavy atom. The lowest BCUT2D eigenvalue weighted by Crippen LogP contribution is -2.38. The Hall–Kier alpha value is -3.46. The van der Waals surface area contributed by atoms with Crippen LogP contribution in [0.5, 0.6) is 0 Å². The summed E-state index contributed by atoms with van der Waals surface area (Å²) in [6.07, 6.45) is -0.809. The fraction of sp³-hybridized carbons (Fsp3) is 0.286. The molecule has 4 aromatic carbocycles. The number of hydrogen-bond donors (Lipinski definition) is 3. The summed E-state index contributed by atoms with van der Waals surface area (Å²) in [4.78, 5) is 12.5. The van der Waals surface area contributed by atoms with Crippen molar-refractivity contribution in [3.8, 4) is 11.1 Å². The maximum absolute atomic E-state index is 12.5. The van der Waals surface area contributed by atoms with E-state index in [1.165, 1.54) is 0 Å². The van der Waals surface area contributed by atoms with Crippen molar-refractivity contribution in [1.82, 2.24) is 5.32 Å². The van der Waals surface area contributed by atoms with Crippen LogP contribution >= 0.6 is 11.8 Å². The first kappa shape index (κ1) is 30.0. The number of ether oxygens (including phenoxy) is 2. The summed E-state index contributed by atoms with van der Waals surface area (Å²) < 4.78 is 13.1. The lowest BCUT2D eigenvalue weighted by molar-refractivity contribution is -0.268. The smallest absolute Gasteiger partial charge is 0.251 e. The number of aliphatic hydroxyl groups is 2. The minimum absolute atomic E-state index is 0.000900. The zero-order valence-corrected chi connectivity index (χ0v) is 24.5. The van der Waals surface area contributed by atoms with Crippen molar-refractivity contribution in [3.63, 3.8) is 0 Å². The number of nitrogens with one attached hydrogen (secondary N) is 1. The number of carbonyl (C=O) groups excluding carboxylic acids is 1. The molecule has 0 aromatic heterocycles. The van der Waals surface area contributed by atoms with Gasteiger partial charge in [0.1, 0.15) is 0 Å². The first-order valence-electron chi connectivity index (χ1n) is 14.3. The van der Waals surface area contributed by atoms with Crippen molar-refractivity contribution >= 4 is 17.7 Å². The SMILES string of the molecule is C[C@H]1[C@@H](CSCCO)O[C@@H](c2cccc(-c3cccc(CNC(=O)c4ccccc4)c3)c2)O[C@H]1c1ccc(CO)cc1. The van der Waals surface area contributed by atoms with Gasteiger partial charge in [-0.1, -0.05) is 85.8 Å². The largest absolute Gasteiger partial charge is 0.396 e. The monoisotopic (exact) mass is 583 g/mol. The standard InChI is InChI=1S/C35H37NO5S/c1-24-32(23-42-18-17-37)40-35(41-33(24)27-15-13-25(22-38)14-16-27)31-12-6-11-30(20-31)29-10-5-7-26(19-29)21-36-34(39)28-8-3-2-4-9-28/h2-16,19-20,24,32-33,35,37-38H,17-18,21-23H2,1H3,(H,36,39)/t24-,32+,33+,35+/m0/s1. The van der Waals surface area contributed by atoms with Gasteiger partial charge in [-0.25, -0.2) is 0 Å². The molecule has 0 saturated carbocycles. The van der Waals surface area contributed by atoms with E-state index in [1.807, 2.05) is 66.7 Å². The number of amides is 1. The maximum atomic E-state index is 12.5. The third-order valence-corrected chi connectivity index (χ3v) is 8.58.